The molecule has 0 saturated carbocycles. The second-order valence-electron chi connectivity index (χ2n) is 8.75. The van der Waals surface area contributed by atoms with E-state index in [-0.39, 0.29) is 6.04 Å². The Hall–Kier alpha value is -2.51. The molecule has 0 bridgehead atoms. The summed E-state index contributed by atoms with van der Waals surface area (Å²) in [5, 5.41) is 7.15. The summed E-state index contributed by atoms with van der Waals surface area (Å²) in [6.07, 6.45) is 3.75. The summed E-state index contributed by atoms with van der Waals surface area (Å²) in [5.74, 6) is 2.30. The van der Waals surface area contributed by atoms with Gasteiger partial charge in [-0.25, -0.2) is 5.01 Å². The molecule has 0 amide bonds. The highest BCUT2D eigenvalue weighted by Crippen LogP contribution is 2.51. The van der Waals surface area contributed by atoms with Crippen LogP contribution in [0.3, 0.4) is 0 Å². The molecule has 5 nitrogen and oxygen atoms in total. The number of fused-ring (bicyclic) bond motifs is 3. The number of hydrazone groups is 1. The number of ether oxygens (including phenoxy) is 3. The molecule has 5 rings (SSSR count). The Morgan fingerprint density at radius 2 is 1.86 bits per heavy atom. The van der Waals surface area contributed by atoms with Crippen molar-refractivity contribution in [2.75, 3.05) is 13.7 Å². The van der Waals surface area contributed by atoms with E-state index in [9.17, 15) is 0 Å². The van der Waals surface area contributed by atoms with Crippen LogP contribution in [0.1, 0.15) is 61.6 Å². The summed E-state index contributed by atoms with van der Waals surface area (Å²) in [6, 6.07) is 20.6. The van der Waals surface area contributed by atoms with Crippen molar-refractivity contribution in [1.82, 2.24) is 5.01 Å². The maximum Gasteiger partial charge on any atom is 0.214 e. The van der Waals surface area contributed by atoms with Crippen molar-refractivity contribution in [3.8, 4) is 17.2 Å². The van der Waals surface area contributed by atoms with Gasteiger partial charge in [-0.2, -0.15) is 5.10 Å². The third kappa shape index (κ3) is 4.94. The van der Waals surface area contributed by atoms with Crippen LogP contribution in [0.2, 0.25) is 0 Å². The lowest BCUT2D eigenvalue weighted by Crippen LogP contribution is -2.34. The lowest BCUT2D eigenvalue weighted by atomic mass is 9.96. The summed E-state index contributed by atoms with van der Waals surface area (Å²) < 4.78 is 20.2. The highest BCUT2D eigenvalue weighted by Gasteiger charge is 2.42. The van der Waals surface area contributed by atoms with E-state index in [0.717, 1.165) is 68.5 Å². The average molecular weight is 600 g/mol. The molecule has 0 spiro atoms. The first-order valence-electron chi connectivity index (χ1n) is 12.0. The van der Waals surface area contributed by atoms with Gasteiger partial charge >= 0.3 is 0 Å². The van der Waals surface area contributed by atoms with Crippen molar-refractivity contribution in [2.24, 2.45) is 5.10 Å². The molecule has 35 heavy (non-hydrogen) atoms. The molecular formula is C28H28Br2N2O3. The number of rotatable bonds is 8. The first-order valence-corrected chi connectivity index (χ1v) is 13.5. The maximum atomic E-state index is 6.61. The molecule has 2 atom stereocenters. The van der Waals surface area contributed by atoms with Crippen molar-refractivity contribution in [3.05, 3.63) is 86.3 Å². The van der Waals surface area contributed by atoms with Gasteiger partial charge in [-0.3, -0.25) is 0 Å². The molecule has 2 aliphatic heterocycles. The Bertz CT molecular complexity index is 1230. The first kappa shape index (κ1) is 24.2. The lowest BCUT2D eigenvalue weighted by Gasteiger charge is -2.38. The normalized spacial score (nSPS) is 18.4. The Balaban J connectivity index is 1.52. The highest BCUT2D eigenvalue weighted by molar-refractivity contribution is 9.11. The van der Waals surface area contributed by atoms with Gasteiger partial charge in [-0.1, -0.05) is 66.0 Å². The van der Waals surface area contributed by atoms with E-state index >= 15 is 0 Å². The van der Waals surface area contributed by atoms with E-state index in [1.54, 1.807) is 7.11 Å². The zero-order valence-electron chi connectivity index (χ0n) is 19.8. The van der Waals surface area contributed by atoms with Crippen molar-refractivity contribution in [2.45, 2.75) is 44.9 Å². The van der Waals surface area contributed by atoms with Crippen LogP contribution in [0.5, 0.6) is 17.2 Å². The number of nitrogens with zero attached hydrogens (tertiary/aromatic N) is 2. The van der Waals surface area contributed by atoms with Gasteiger partial charge in [0.2, 0.25) is 6.23 Å². The van der Waals surface area contributed by atoms with Crippen LogP contribution in [0.25, 0.3) is 0 Å². The van der Waals surface area contributed by atoms with E-state index in [2.05, 4.69) is 62.0 Å². The van der Waals surface area contributed by atoms with Crippen molar-refractivity contribution >= 4 is 37.6 Å². The van der Waals surface area contributed by atoms with Gasteiger partial charge in [-0.05, 0) is 58.2 Å². The minimum absolute atomic E-state index is 0.0590. The van der Waals surface area contributed by atoms with Crippen LogP contribution in [-0.2, 0) is 0 Å². The van der Waals surface area contributed by atoms with Crippen molar-refractivity contribution in [1.29, 1.82) is 0 Å². The van der Waals surface area contributed by atoms with Gasteiger partial charge in [-0.15, -0.1) is 0 Å². The molecule has 2 aliphatic rings. The molecule has 0 saturated heterocycles. The molecule has 0 fully saturated rings. The van der Waals surface area contributed by atoms with Crippen LogP contribution in [0, 0.1) is 0 Å². The smallest absolute Gasteiger partial charge is 0.214 e. The fourth-order valence-electron chi connectivity index (χ4n) is 4.63. The Labute approximate surface area is 223 Å². The fraction of sp³-hybridized carbons (Fsp3) is 0.321. The molecule has 0 aromatic heterocycles. The molecule has 182 valence electrons. The molecule has 0 aliphatic carbocycles. The first-order chi connectivity index (χ1) is 17.1. The monoisotopic (exact) mass is 598 g/mol. The topological polar surface area (TPSA) is 43.3 Å². The largest absolute Gasteiger partial charge is 0.493 e. The third-order valence-corrected chi connectivity index (χ3v) is 7.44. The van der Waals surface area contributed by atoms with Crippen molar-refractivity contribution < 1.29 is 14.2 Å². The summed E-state index contributed by atoms with van der Waals surface area (Å²) in [5.41, 5.74) is 4.26. The SMILES string of the molecule is CCCCCOc1ccc([C@@H]2Oc3c(Br)cc(Br)cc3[C@@H]3CC(c4ccccc4)=NN32)cc1OC. The molecule has 2 heterocycles. The van der Waals surface area contributed by atoms with Gasteiger partial charge in [0.05, 0.1) is 29.9 Å². The Morgan fingerprint density at radius 1 is 1.03 bits per heavy atom. The molecule has 3 aromatic carbocycles. The van der Waals surface area contributed by atoms with Gasteiger partial charge in [0.1, 0.15) is 5.75 Å². The van der Waals surface area contributed by atoms with Crippen LogP contribution < -0.4 is 14.2 Å². The molecular weight excluding hydrogens is 572 g/mol. The van der Waals surface area contributed by atoms with Gasteiger partial charge in [0.25, 0.3) is 0 Å². The summed E-state index contributed by atoms with van der Waals surface area (Å²) in [4.78, 5) is 0. The number of hydrogen-bond donors (Lipinski definition) is 0. The van der Waals surface area contributed by atoms with Crippen LogP contribution in [-0.4, -0.2) is 24.4 Å². The van der Waals surface area contributed by atoms with E-state index < -0.39 is 6.23 Å². The minimum atomic E-state index is -0.394. The summed E-state index contributed by atoms with van der Waals surface area (Å²) in [7, 11) is 1.67. The van der Waals surface area contributed by atoms with Crippen molar-refractivity contribution in [3.63, 3.8) is 0 Å². The van der Waals surface area contributed by atoms with Crippen LogP contribution in [0.15, 0.2) is 74.7 Å². The minimum Gasteiger partial charge on any atom is -0.493 e. The molecule has 0 radical (unpaired) electrons. The summed E-state index contributed by atoms with van der Waals surface area (Å²) in [6.45, 7) is 2.86. The van der Waals surface area contributed by atoms with E-state index in [4.69, 9.17) is 19.3 Å². The number of benzene rings is 3. The molecule has 0 unspecified atom stereocenters. The maximum absolute atomic E-state index is 6.61. The van der Waals surface area contributed by atoms with Gasteiger partial charge in [0.15, 0.2) is 11.5 Å². The number of halogens is 2. The Morgan fingerprint density at radius 3 is 2.63 bits per heavy atom. The summed E-state index contributed by atoms with van der Waals surface area (Å²) >= 11 is 7.36. The van der Waals surface area contributed by atoms with E-state index in [0.29, 0.717) is 12.4 Å². The average Bonchev–Trinajstić information content (AvgIpc) is 3.33. The molecule has 0 N–H and O–H groups in total. The fourth-order valence-corrected chi connectivity index (χ4v) is 5.98. The lowest BCUT2D eigenvalue weighted by molar-refractivity contribution is -0.0198. The molecule has 3 aromatic rings. The number of unbranched alkanes of at least 4 members (excludes halogenated alkanes) is 2. The van der Waals surface area contributed by atoms with E-state index in [1.807, 2.05) is 42.5 Å². The zero-order valence-corrected chi connectivity index (χ0v) is 23.0. The van der Waals surface area contributed by atoms with Gasteiger partial charge in [0, 0.05) is 22.0 Å². The van der Waals surface area contributed by atoms with Crippen LogP contribution >= 0.6 is 31.9 Å². The van der Waals surface area contributed by atoms with Gasteiger partial charge < -0.3 is 14.2 Å². The molecule has 7 heteroatoms. The van der Waals surface area contributed by atoms with E-state index in [1.165, 1.54) is 0 Å². The standard InChI is InChI=1S/C28H28Br2N2O3/c1-3-4-8-13-34-25-12-11-19(14-26(25)33-2)28-32-24(17-23(31-32)18-9-6-5-7-10-18)21-15-20(29)16-22(30)27(21)35-28/h5-7,9-12,14-16,24,28H,3-4,8,13,17H2,1-2H3/t24-,28-/m0/s1. The number of hydrogen-bond acceptors (Lipinski definition) is 5. The second kappa shape index (κ2) is 10.6. The quantitative estimate of drug-likeness (QED) is 0.246. The second-order valence-corrected chi connectivity index (χ2v) is 10.5. The number of methoxy groups -OCH3 is 1. The zero-order chi connectivity index (χ0) is 24.4. The highest BCUT2D eigenvalue weighted by atomic mass is 79.9. The van der Waals surface area contributed by atoms with Crippen LogP contribution in [0.4, 0.5) is 0 Å². The predicted octanol–water partition coefficient (Wildman–Crippen LogP) is 8.03. The Kier molecular flexibility index (Phi) is 7.35. The third-order valence-electron chi connectivity index (χ3n) is 6.39. The predicted molar refractivity (Wildman–Crippen MR) is 145 cm³/mol.